The normalized spacial score (nSPS) is 15.8. The van der Waals surface area contributed by atoms with Gasteiger partial charge in [-0.15, -0.1) is 11.3 Å². The number of carbonyl (C=O) groups is 2. The highest BCUT2D eigenvalue weighted by molar-refractivity contribution is 7.12. The van der Waals surface area contributed by atoms with Crippen LogP contribution in [-0.4, -0.2) is 37.0 Å². The van der Waals surface area contributed by atoms with Gasteiger partial charge in [-0.2, -0.15) is 0 Å². The lowest BCUT2D eigenvalue weighted by Gasteiger charge is -2.36. The summed E-state index contributed by atoms with van der Waals surface area (Å²) < 4.78 is 4.85. The maximum atomic E-state index is 13.1. The fourth-order valence-electron chi connectivity index (χ4n) is 4.58. The number of hydrogen-bond acceptors (Lipinski definition) is 5. The van der Waals surface area contributed by atoms with E-state index >= 15 is 0 Å². The molecule has 0 aliphatic carbocycles. The molecule has 5 nitrogen and oxygen atoms in total. The van der Waals surface area contributed by atoms with Gasteiger partial charge in [-0.1, -0.05) is 49.4 Å². The van der Waals surface area contributed by atoms with E-state index < -0.39 is 5.97 Å². The van der Waals surface area contributed by atoms with Crippen molar-refractivity contribution in [3.05, 3.63) is 86.6 Å². The van der Waals surface area contributed by atoms with Gasteiger partial charge in [0, 0.05) is 16.3 Å². The molecule has 1 atom stereocenters. The van der Waals surface area contributed by atoms with E-state index in [4.69, 9.17) is 4.74 Å². The molecule has 4 rings (SSSR count). The van der Waals surface area contributed by atoms with Crippen molar-refractivity contribution < 1.29 is 14.3 Å². The molecule has 1 N–H and O–H groups in total. The summed E-state index contributed by atoms with van der Waals surface area (Å²) in [5.74, 6) is -0.610. The van der Waals surface area contributed by atoms with E-state index in [1.807, 2.05) is 17.4 Å². The zero-order valence-corrected chi connectivity index (χ0v) is 19.5. The average Bonchev–Trinajstić information content (AvgIpc) is 3.14. The Labute approximate surface area is 193 Å². The van der Waals surface area contributed by atoms with Crippen LogP contribution in [0.3, 0.4) is 0 Å². The minimum absolute atomic E-state index is 0.0468. The molecule has 32 heavy (non-hydrogen) atoms. The minimum atomic E-state index is -0.466. The van der Waals surface area contributed by atoms with Crippen molar-refractivity contribution in [2.75, 3.05) is 25.5 Å². The number of fused-ring (bicyclic) bond motifs is 1. The van der Waals surface area contributed by atoms with Crippen molar-refractivity contribution in [1.82, 2.24) is 4.90 Å². The van der Waals surface area contributed by atoms with Crippen LogP contribution < -0.4 is 5.32 Å². The fourth-order valence-corrected chi connectivity index (χ4v) is 6.04. The summed E-state index contributed by atoms with van der Waals surface area (Å²) in [4.78, 5) is 30.1. The Hall–Kier alpha value is -2.96. The first-order valence-corrected chi connectivity index (χ1v) is 11.7. The maximum absolute atomic E-state index is 13.1. The number of carbonyl (C=O) groups excluding carboxylic acids is 2. The third-order valence-electron chi connectivity index (χ3n) is 6.03. The first-order valence-electron chi connectivity index (χ1n) is 10.9. The van der Waals surface area contributed by atoms with Crippen molar-refractivity contribution >= 4 is 28.9 Å². The van der Waals surface area contributed by atoms with Crippen molar-refractivity contribution in [2.24, 2.45) is 0 Å². The highest BCUT2D eigenvalue weighted by Gasteiger charge is 2.33. The van der Waals surface area contributed by atoms with Crippen LogP contribution in [0, 0.1) is 6.92 Å². The number of amides is 1. The summed E-state index contributed by atoms with van der Waals surface area (Å²) in [7, 11) is 1.34. The van der Waals surface area contributed by atoms with Gasteiger partial charge in [0.1, 0.15) is 0 Å². The SMILES string of the molecule is CCc1c(C)sc2c1CCN(CC(=O)Nc1ccccc1C(=O)OC)C2c1ccccc1. The highest BCUT2D eigenvalue weighted by atomic mass is 32.1. The molecule has 2 heterocycles. The number of nitrogens with zero attached hydrogens (tertiary/aromatic N) is 1. The van der Waals surface area contributed by atoms with Crippen LogP contribution >= 0.6 is 11.3 Å². The molecule has 1 aliphatic heterocycles. The Kier molecular flexibility index (Phi) is 6.72. The number of aryl methyl sites for hydroxylation is 1. The van der Waals surface area contributed by atoms with Crippen LogP contribution in [0.15, 0.2) is 54.6 Å². The first-order chi connectivity index (χ1) is 15.5. The zero-order valence-electron chi connectivity index (χ0n) is 18.7. The second-order valence-corrected chi connectivity index (χ2v) is 9.21. The average molecular weight is 449 g/mol. The molecule has 1 amide bonds. The van der Waals surface area contributed by atoms with Crippen LogP contribution in [0.5, 0.6) is 0 Å². The lowest BCUT2D eigenvalue weighted by atomic mass is 9.91. The molecule has 0 saturated heterocycles. The van der Waals surface area contributed by atoms with Crippen LogP contribution in [0.4, 0.5) is 5.69 Å². The molecular formula is C26H28N2O3S. The largest absolute Gasteiger partial charge is 0.465 e. The smallest absolute Gasteiger partial charge is 0.339 e. The van der Waals surface area contributed by atoms with Crippen LogP contribution in [0.25, 0.3) is 0 Å². The Morgan fingerprint density at radius 1 is 1.12 bits per heavy atom. The van der Waals surface area contributed by atoms with Gasteiger partial charge in [-0.05, 0) is 48.6 Å². The summed E-state index contributed by atoms with van der Waals surface area (Å²) >= 11 is 1.85. The quantitative estimate of drug-likeness (QED) is 0.540. The number of para-hydroxylation sites is 1. The fraction of sp³-hybridized carbons (Fsp3) is 0.308. The molecule has 1 aliphatic rings. The first kappa shape index (κ1) is 22.2. The molecule has 6 heteroatoms. The molecule has 1 aromatic heterocycles. The summed E-state index contributed by atoms with van der Waals surface area (Å²) in [6.07, 6.45) is 1.97. The molecule has 166 valence electrons. The number of anilines is 1. The number of benzene rings is 2. The second kappa shape index (κ2) is 9.67. The van der Waals surface area contributed by atoms with E-state index in [1.165, 1.54) is 33.6 Å². The summed E-state index contributed by atoms with van der Waals surface area (Å²) in [6.45, 7) is 5.46. The van der Waals surface area contributed by atoms with E-state index in [0.29, 0.717) is 11.3 Å². The van der Waals surface area contributed by atoms with Gasteiger partial charge in [0.05, 0.1) is 30.9 Å². The summed E-state index contributed by atoms with van der Waals surface area (Å²) in [6, 6.07) is 17.4. The van der Waals surface area contributed by atoms with Crippen LogP contribution in [-0.2, 0) is 22.4 Å². The van der Waals surface area contributed by atoms with Gasteiger partial charge in [-0.25, -0.2) is 4.79 Å². The standard InChI is InChI=1S/C26H28N2O3S/c1-4-19-17(2)32-25-20(19)14-15-28(24(25)18-10-6-5-7-11-18)16-23(29)27-22-13-9-8-12-21(22)26(30)31-3/h5-13,24H,4,14-16H2,1-3H3,(H,27,29). The van der Waals surface area contributed by atoms with E-state index in [-0.39, 0.29) is 18.5 Å². The lowest BCUT2D eigenvalue weighted by molar-refractivity contribution is -0.117. The van der Waals surface area contributed by atoms with E-state index in [9.17, 15) is 9.59 Å². The van der Waals surface area contributed by atoms with E-state index in [2.05, 4.69) is 48.3 Å². The molecule has 0 radical (unpaired) electrons. The van der Waals surface area contributed by atoms with Gasteiger partial charge in [0.25, 0.3) is 0 Å². The molecule has 2 aromatic carbocycles. The van der Waals surface area contributed by atoms with Gasteiger partial charge in [0.15, 0.2) is 0 Å². The molecule has 0 spiro atoms. The van der Waals surface area contributed by atoms with Gasteiger partial charge < -0.3 is 10.1 Å². The third kappa shape index (κ3) is 4.33. The third-order valence-corrected chi connectivity index (χ3v) is 7.28. The van der Waals surface area contributed by atoms with Gasteiger partial charge >= 0.3 is 5.97 Å². The maximum Gasteiger partial charge on any atom is 0.339 e. The molecular weight excluding hydrogens is 420 g/mol. The number of nitrogens with one attached hydrogen (secondary N) is 1. The number of methoxy groups -OCH3 is 1. The topological polar surface area (TPSA) is 58.6 Å². The number of ether oxygens (including phenoxy) is 1. The zero-order chi connectivity index (χ0) is 22.7. The minimum Gasteiger partial charge on any atom is -0.465 e. The Morgan fingerprint density at radius 3 is 2.56 bits per heavy atom. The van der Waals surface area contributed by atoms with E-state index in [0.717, 1.165) is 19.4 Å². The highest BCUT2D eigenvalue weighted by Crippen LogP contribution is 2.42. The second-order valence-electron chi connectivity index (χ2n) is 7.95. The number of thiophene rings is 1. The molecule has 1 unspecified atom stereocenters. The Morgan fingerprint density at radius 2 is 1.84 bits per heavy atom. The lowest BCUT2D eigenvalue weighted by Crippen LogP contribution is -2.40. The number of rotatable bonds is 6. The predicted octanol–water partition coefficient (Wildman–Crippen LogP) is 4.99. The molecule has 0 fully saturated rings. The molecule has 3 aromatic rings. The van der Waals surface area contributed by atoms with Crippen LogP contribution in [0.1, 0.15) is 49.8 Å². The Balaban J connectivity index is 1.62. The van der Waals surface area contributed by atoms with Gasteiger partial charge in [0.2, 0.25) is 5.91 Å². The van der Waals surface area contributed by atoms with Gasteiger partial charge in [-0.3, -0.25) is 9.69 Å². The monoisotopic (exact) mass is 448 g/mol. The van der Waals surface area contributed by atoms with E-state index in [1.54, 1.807) is 24.3 Å². The number of esters is 1. The van der Waals surface area contributed by atoms with Crippen molar-refractivity contribution in [3.63, 3.8) is 0 Å². The van der Waals surface area contributed by atoms with Crippen molar-refractivity contribution in [2.45, 2.75) is 32.7 Å². The van der Waals surface area contributed by atoms with Crippen molar-refractivity contribution in [1.29, 1.82) is 0 Å². The molecule has 0 bridgehead atoms. The summed E-state index contributed by atoms with van der Waals surface area (Å²) in [5.41, 5.74) is 4.93. The Bertz CT molecular complexity index is 1120. The van der Waals surface area contributed by atoms with Crippen LogP contribution in [0.2, 0.25) is 0 Å². The van der Waals surface area contributed by atoms with Crippen molar-refractivity contribution in [3.8, 4) is 0 Å². The number of hydrogen-bond donors (Lipinski definition) is 1. The summed E-state index contributed by atoms with van der Waals surface area (Å²) in [5, 5.41) is 2.92. The predicted molar refractivity (Wildman–Crippen MR) is 128 cm³/mol. The molecule has 0 saturated carbocycles.